The van der Waals surface area contributed by atoms with Crippen LogP contribution in [0.4, 0.5) is 34.1 Å². The van der Waals surface area contributed by atoms with Crippen molar-refractivity contribution in [2.75, 3.05) is 9.80 Å². The van der Waals surface area contributed by atoms with Crippen LogP contribution >= 0.6 is 0 Å². The van der Waals surface area contributed by atoms with Crippen LogP contribution in [0.2, 0.25) is 0 Å². The Morgan fingerprint density at radius 2 is 0.382 bits per heavy atom. The van der Waals surface area contributed by atoms with Crippen LogP contribution in [0.25, 0.3) is 76.8 Å². The topological polar surface area (TPSA) is 6.48 Å². The molecule has 0 atom stereocenters. The van der Waals surface area contributed by atoms with Crippen molar-refractivity contribution in [1.82, 2.24) is 0 Å². The lowest BCUT2D eigenvalue weighted by atomic mass is 9.85. The van der Waals surface area contributed by atoms with Gasteiger partial charge in [-0.05, 0) is 150 Å². The van der Waals surface area contributed by atoms with Crippen LogP contribution in [-0.4, -0.2) is 0 Å². The Hall–Kier alpha value is -8.98. The second-order valence-corrected chi connectivity index (χ2v) is 17.2. The van der Waals surface area contributed by atoms with E-state index in [-0.39, 0.29) is 0 Å². The van der Waals surface area contributed by atoms with Gasteiger partial charge in [-0.1, -0.05) is 206 Å². The third-order valence-corrected chi connectivity index (χ3v) is 13.2. The van der Waals surface area contributed by atoms with Crippen molar-refractivity contribution in [3.8, 4) is 44.5 Å². The Bertz CT molecular complexity index is 3550. The van der Waals surface area contributed by atoms with Crippen LogP contribution in [0.1, 0.15) is 0 Å². The van der Waals surface area contributed by atoms with Crippen molar-refractivity contribution in [1.29, 1.82) is 0 Å². The molecule has 0 bridgehead atoms. The molecular formula is C66H46N2. The summed E-state index contributed by atoms with van der Waals surface area (Å²) in [6.07, 6.45) is 0. The quantitative estimate of drug-likeness (QED) is 0.126. The van der Waals surface area contributed by atoms with Crippen LogP contribution in [0, 0.1) is 0 Å². The van der Waals surface area contributed by atoms with Crippen LogP contribution in [0.3, 0.4) is 0 Å². The lowest BCUT2D eigenvalue weighted by Gasteiger charge is -2.25. The Labute approximate surface area is 397 Å². The van der Waals surface area contributed by atoms with Crippen molar-refractivity contribution in [3.05, 3.63) is 279 Å². The fourth-order valence-electron chi connectivity index (χ4n) is 10.1. The minimum atomic E-state index is 1.11. The molecule has 2 nitrogen and oxygen atoms in total. The van der Waals surface area contributed by atoms with Gasteiger partial charge in [-0.15, -0.1) is 0 Å². The minimum absolute atomic E-state index is 1.11. The normalized spacial score (nSPS) is 11.2. The van der Waals surface area contributed by atoms with E-state index >= 15 is 0 Å². The van der Waals surface area contributed by atoms with Crippen molar-refractivity contribution in [2.45, 2.75) is 0 Å². The van der Waals surface area contributed by atoms with Gasteiger partial charge in [0, 0.05) is 34.1 Å². The van der Waals surface area contributed by atoms with E-state index in [1.54, 1.807) is 0 Å². The summed E-state index contributed by atoms with van der Waals surface area (Å²) >= 11 is 0. The molecule has 12 rings (SSSR count). The zero-order chi connectivity index (χ0) is 45.2. The molecule has 0 unspecified atom stereocenters. The van der Waals surface area contributed by atoms with E-state index in [1.807, 2.05) is 0 Å². The standard InChI is InChI=1S/C66H46N2/c1-5-19-51(20-6-1)67(52-21-7-2-8-22-52)55-41-37-48(38-42-55)58-46-45-57(59-27-13-14-28-60(58)59)47-33-35-49(36-34-47)65-61-29-15-17-31-63(61)66(64-32-18-16-30-62(64)65)50-39-43-56(44-40-50)68(53-23-9-3-10-24-53)54-25-11-4-12-26-54/h1-46H. The van der Waals surface area contributed by atoms with Crippen molar-refractivity contribution in [2.24, 2.45) is 0 Å². The fraction of sp³-hybridized carbons (Fsp3) is 0. The maximum atomic E-state index is 2.31. The summed E-state index contributed by atoms with van der Waals surface area (Å²) in [5.41, 5.74) is 16.4. The molecule has 12 aromatic rings. The zero-order valence-corrected chi connectivity index (χ0v) is 37.5. The maximum absolute atomic E-state index is 2.31. The Balaban J connectivity index is 0.896. The molecular weight excluding hydrogens is 821 g/mol. The molecule has 0 aliphatic heterocycles. The summed E-state index contributed by atoms with van der Waals surface area (Å²) in [5, 5.41) is 7.43. The smallest absolute Gasteiger partial charge is 0.0462 e. The first-order chi connectivity index (χ1) is 33.8. The maximum Gasteiger partial charge on any atom is 0.0462 e. The number of anilines is 6. The van der Waals surface area contributed by atoms with Crippen LogP contribution in [0.15, 0.2) is 279 Å². The number of benzene rings is 12. The summed E-state index contributed by atoms with van der Waals surface area (Å²) in [5.74, 6) is 0. The average Bonchev–Trinajstić information content (AvgIpc) is 3.42. The lowest BCUT2D eigenvalue weighted by Crippen LogP contribution is -2.09. The Morgan fingerprint density at radius 1 is 0.162 bits per heavy atom. The second-order valence-electron chi connectivity index (χ2n) is 17.2. The second kappa shape index (κ2) is 17.8. The van der Waals surface area contributed by atoms with Gasteiger partial charge in [-0.25, -0.2) is 0 Å². The molecule has 0 heterocycles. The molecule has 0 N–H and O–H groups in total. The SMILES string of the molecule is c1ccc(N(c2ccccc2)c2ccc(-c3ccc(-c4ccc(-c5c6ccccc6c(-c6ccc(N(c7ccccc7)c7ccccc7)cc6)c6ccccc56)cc4)c4ccccc34)cc2)cc1. The number of nitrogens with zero attached hydrogens (tertiary/aromatic N) is 2. The molecule has 12 aromatic carbocycles. The first-order valence-corrected chi connectivity index (χ1v) is 23.3. The lowest BCUT2D eigenvalue weighted by molar-refractivity contribution is 1.28. The van der Waals surface area contributed by atoms with Gasteiger partial charge in [0.05, 0.1) is 0 Å². The Kier molecular flexibility index (Phi) is 10.6. The third kappa shape index (κ3) is 7.45. The number of rotatable bonds is 10. The molecule has 0 spiro atoms. The minimum Gasteiger partial charge on any atom is -0.311 e. The molecule has 0 fully saturated rings. The van der Waals surface area contributed by atoms with E-state index in [1.165, 1.54) is 76.8 Å². The summed E-state index contributed by atoms with van der Waals surface area (Å²) in [6.45, 7) is 0. The molecule has 2 heteroatoms. The third-order valence-electron chi connectivity index (χ3n) is 13.2. The van der Waals surface area contributed by atoms with Gasteiger partial charge in [0.15, 0.2) is 0 Å². The molecule has 320 valence electrons. The van der Waals surface area contributed by atoms with Crippen molar-refractivity contribution >= 4 is 66.4 Å². The largest absolute Gasteiger partial charge is 0.311 e. The molecule has 0 saturated heterocycles. The van der Waals surface area contributed by atoms with E-state index in [0.717, 1.165) is 34.1 Å². The van der Waals surface area contributed by atoms with E-state index in [9.17, 15) is 0 Å². The highest BCUT2D eigenvalue weighted by atomic mass is 15.1. The average molecular weight is 867 g/mol. The van der Waals surface area contributed by atoms with Gasteiger partial charge < -0.3 is 9.80 Å². The molecule has 0 aliphatic carbocycles. The monoisotopic (exact) mass is 866 g/mol. The number of fused-ring (bicyclic) bond motifs is 3. The molecule has 0 radical (unpaired) electrons. The van der Waals surface area contributed by atoms with E-state index in [2.05, 4.69) is 289 Å². The first kappa shape index (κ1) is 40.5. The van der Waals surface area contributed by atoms with Crippen LogP contribution in [0.5, 0.6) is 0 Å². The zero-order valence-electron chi connectivity index (χ0n) is 37.5. The summed E-state index contributed by atoms with van der Waals surface area (Å²) in [6, 6.07) is 101. The van der Waals surface area contributed by atoms with E-state index in [4.69, 9.17) is 0 Å². The van der Waals surface area contributed by atoms with E-state index < -0.39 is 0 Å². The number of hydrogen-bond donors (Lipinski definition) is 0. The molecule has 0 aliphatic rings. The van der Waals surface area contributed by atoms with Gasteiger partial charge >= 0.3 is 0 Å². The molecule has 0 amide bonds. The van der Waals surface area contributed by atoms with Crippen molar-refractivity contribution < 1.29 is 0 Å². The number of para-hydroxylation sites is 4. The molecule has 0 saturated carbocycles. The molecule has 0 aromatic heterocycles. The molecule has 68 heavy (non-hydrogen) atoms. The first-order valence-electron chi connectivity index (χ1n) is 23.3. The van der Waals surface area contributed by atoms with Gasteiger partial charge in [0.2, 0.25) is 0 Å². The van der Waals surface area contributed by atoms with Gasteiger partial charge in [-0.3, -0.25) is 0 Å². The van der Waals surface area contributed by atoms with Gasteiger partial charge in [0.25, 0.3) is 0 Å². The van der Waals surface area contributed by atoms with Gasteiger partial charge in [-0.2, -0.15) is 0 Å². The fourth-order valence-corrected chi connectivity index (χ4v) is 10.1. The van der Waals surface area contributed by atoms with Gasteiger partial charge in [0.1, 0.15) is 0 Å². The highest BCUT2D eigenvalue weighted by Gasteiger charge is 2.19. The van der Waals surface area contributed by atoms with E-state index in [0.29, 0.717) is 0 Å². The predicted octanol–water partition coefficient (Wildman–Crippen LogP) is 18.8. The Morgan fingerprint density at radius 3 is 0.691 bits per heavy atom. The highest BCUT2D eigenvalue weighted by Crippen LogP contribution is 2.46. The summed E-state index contributed by atoms with van der Waals surface area (Å²) in [4.78, 5) is 4.62. The highest BCUT2D eigenvalue weighted by molar-refractivity contribution is 6.21. The number of hydrogen-bond acceptors (Lipinski definition) is 2. The van der Waals surface area contributed by atoms with Crippen molar-refractivity contribution in [3.63, 3.8) is 0 Å². The predicted molar refractivity (Wildman–Crippen MR) is 290 cm³/mol. The van der Waals surface area contributed by atoms with Crippen LogP contribution < -0.4 is 9.80 Å². The summed E-state index contributed by atoms with van der Waals surface area (Å²) < 4.78 is 0. The van der Waals surface area contributed by atoms with Crippen LogP contribution in [-0.2, 0) is 0 Å². The summed E-state index contributed by atoms with van der Waals surface area (Å²) in [7, 11) is 0.